The topological polar surface area (TPSA) is 71.8 Å². The summed E-state index contributed by atoms with van der Waals surface area (Å²) in [5.41, 5.74) is 6.02. The van der Waals surface area contributed by atoms with Crippen LogP contribution in [0.4, 0.5) is 5.69 Å². The van der Waals surface area contributed by atoms with Gasteiger partial charge in [0.25, 0.3) is 5.56 Å². The number of hydrogen-bond donors (Lipinski definition) is 2. The monoisotopic (exact) mass is 265 g/mol. The molecule has 0 aliphatic rings. The van der Waals surface area contributed by atoms with Crippen molar-refractivity contribution in [2.24, 2.45) is 0 Å². The van der Waals surface area contributed by atoms with Crippen LogP contribution in [0, 0.1) is 0 Å². The van der Waals surface area contributed by atoms with Crippen LogP contribution in [0.25, 0.3) is 11.4 Å². The molecule has 0 atom stereocenters. The third-order valence-corrected chi connectivity index (χ3v) is 2.47. The number of nitrogens with zero attached hydrogens (tertiary/aromatic N) is 1. The van der Waals surface area contributed by atoms with Gasteiger partial charge in [-0.05, 0) is 12.1 Å². The molecule has 1 heterocycles. The van der Waals surface area contributed by atoms with Gasteiger partial charge >= 0.3 is 0 Å². The fraction of sp³-hybridized carbons (Fsp3) is 0. The first-order valence-corrected chi connectivity index (χ1v) is 5.07. The summed E-state index contributed by atoms with van der Waals surface area (Å²) in [5, 5.41) is 0. The molecule has 3 N–H and O–H groups in total. The lowest BCUT2D eigenvalue weighted by Crippen LogP contribution is -2.13. The number of nitrogens with two attached hydrogens (primary N) is 1. The predicted molar refractivity (Wildman–Crippen MR) is 62.4 cm³/mol. The number of nitrogen functional groups attached to an aromatic ring is 1. The van der Waals surface area contributed by atoms with Gasteiger partial charge in [-0.3, -0.25) is 4.79 Å². The highest BCUT2D eigenvalue weighted by Crippen LogP contribution is 2.17. The fourth-order valence-electron chi connectivity index (χ4n) is 1.16. The summed E-state index contributed by atoms with van der Waals surface area (Å²) in [6.45, 7) is 0. The maximum Gasteiger partial charge on any atom is 0.274 e. The van der Waals surface area contributed by atoms with Crippen LogP contribution in [0.15, 0.2) is 39.7 Å². The normalized spacial score (nSPS) is 10.2. The Labute approximate surface area is 94.3 Å². The van der Waals surface area contributed by atoms with Crippen LogP contribution in [-0.2, 0) is 0 Å². The van der Waals surface area contributed by atoms with Crippen LogP contribution < -0.4 is 11.3 Å². The molecule has 4 nitrogen and oxygen atoms in total. The van der Waals surface area contributed by atoms with E-state index in [4.69, 9.17) is 5.73 Å². The van der Waals surface area contributed by atoms with E-state index < -0.39 is 0 Å². The van der Waals surface area contributed by atoms with Gasteiger partial charge < -0.3 is 10.7 Å². The highest BCUT2D eigenvalue weighted by atomic mass is 79.9. The molecule has 15 heavy (non-hydrogen) atoms. The molecule has 1 aromatic carbocycles. The first-order chi connectivity index (χ1) is 7.16. The standard InChI is InChI=1S/C10H8BrN3O/c11-7-3-1-6(2-4-7)9-13-5-8(12)10(15)14-9/h1-5H,12H2,(H,13,14,15). The Morgan fingerprint density at radius 1 is 1.27 bits per heavy atom. The number of aromatic amines is 1. The Morgan fingerprint density at radius 2 is 1.93 bits per heavy atom. The van der Waals surface area contributed by atoms with Crippen molar-refractivity contribution >= 4 is 21.6 Å². The largest absolute Gasteiger partial charge is 0.393 e. The molecule has 0 aliphatic carbocycles. The number of rotatable bonds is 1. The van der Waals surface area contributed by atoms with Crippen molar-refractivity contribution in [2.45, 2.75) is 0 Å². The molecule has 0 unspecified atom stereocenters. The van der Waals surface area contributed by atoms with Crippen molar-refractivity contribution in [3.63, 3.8) is 0 Å². The molecule has 0 saturated carbocycles. The Kier molecular flexibility index (Phi) is 2.55. The lowest BCUT2D eigenvalue weighted by atomic mass is 10.2. The van der Waals surface area contributed by atoms with Gasteiger partial charge in [0.2, 0.25) is 0 Å². The van der Waals surface area contributed by atoms with Gasteiger partial charge in [0.15, 0.2) is 0 Å². The number of aromatic nitrogens is 2. The Balaban J connectivity index is 2.50. The SMILES string of the molecule is Nc1cnc(-c2ccc(Br)cc2)[nH]c1=O. The van der Waals surface area contributed by atoms with Crippen molar-refractivity contribution < 1.29 is 0 Å². The average Bonchev–Trinajstić information content (AvgIpc) is 2.23. The van der Waals surface area contributed by atoms with Crippen LogP contribution in [0.2, 0.25) is 0 Å². The number of hydrogen-bond acceptors (Lipinski definition) is 3. The lowest BCUT2D eigenvalue weighted by Gasteiger charge is -2.00. The first kappa shape index (κ1) is 9.92. The zero-order chi connectivity index (χ0) is 10.8. The molecule has 1 aromatic heterocycles. The summed E-state index contributed by atoms with van der Waals surface area (Å²) in [7, 11) is 0. The van der Waals surface area contributed by atoms with Gasteiger partial charge in [0.1, 0.15) is 11.5 Å². The van der Waals surface area contributed by atoms with Crippen LogP contribution in [0.3, 0.4) is 0 Å². The van der Waals surface area contributed by atoms with E-state index in [9.17, 15) is 4.79 Å². The number of benzene rings is 1. The molecule has 0 fully saturated rings. The van der Waals surface area contributed by atoms with Crippen LogP contribution in [0.1, 0.15) is 0 Å². The Hall–Kier alpha value is -1.62. The second kappa shape index (κ2) is 3.86. The average molecular weight is 266 g/mol. The smallest absolute Gasteiger partial charge is 0.274 e. The van der Waals surface area contributed by atoms with E-state index in [1.165, 1.54) is 6.20 Å². The zero-order valence-electron chi connectivity index (χ0n) is 7.70. The predicted octanol–water partition coefficient (Wildman–Crippen LogP) is 1.78. The molecule has 0 spiro atoms. The minimum atomic E-state index is -0.317. The van der Waals surface area contributed by atoms with Crippen molar-refractivity contribution in [1.82, 2.24) is 9.97 Å². The molecule has 5 heteroatoms. The minimum Gasteiger partial charge on any atom is -0.393 e. The molecule has 0 bridgehead atoms. The zero-order valence-corrected chi connectivity index (χ0v) is 9.28. The summed E-state index contributed by atoms with van der Waals surface area (Å²) in [6, 6.07) is 7.48. The van der Waals surface area contributed by atoms with Crippen LogP contribution in [-0.4, -0.2) is 9.97 Å². The van der Waals surface area contributed by atoms with E-state index in [0.717, 1.165) is 10.0 Å². The molecular weight excluding hydrogens is 258 g/mol. The number of halogens is 1. The Bertz CT molecular complexity index is 533. The minimum absolute atomic E-state index is 0.121. The highest BCUT2D eigenvalue weighted by molar-refractivity contribution is 9.10. The van der Waals surface area contributed by atoms with Gasteiger partial charge in [-0.1, -0.05) is 28.1 Å². The fourth-order valence-corrected chi connectivity index (χ4v) is 1.42. The summed E-state index contributed by atoms with van der Waals surface area (Å²) in [5.74, 6) is 0.515. The van der Waals surface area contributed by atoms with Gasteiger partial charge in [-0.25, -0.2) is 4.98 Å². The maximum atomic E-state index is 11.3. The number of nitrogens with one attached hydrogen (secondary N) is 1. The third-order valence-electron chi connectivity index (χ3n) is 1.94. The lowest BCUT2D eigenvalue weighted by molar-refractivity contribution is 1.13. The third kappa shape index (κ3) is 2.07. The quantitative estimate of drug-likeness (QED) is 0.826. The van der Waals surface area contributed by atoms with Crippen molar-refractivity contribution in [3.05, 3.63) is 45.3 Å². The number of H-pyrrole nitrogens is 1. The second-order valence-electron chi connectivity index (χ2n) is 3.02. The van der Waals surface area contributed by atoms with E-state index >= 15 is 0 Å². The van der Waals surface area contributed by atoms with Crippen molar-refractivity contribution in [1.29, 1.82) is 0 Å². The summed E-state index contributed by atoms with van der Waals surface area (Å²) < 4.78 is 0.976. The van der Waals surface area contributed by atoms with Gasteiger partial charge in [-0.15, -0.1) is 0 Å². The van der Waals surface area contributed by atoms with E-state index in [0.29, 0.717) is 5.82 Å². The molecule has 0 saturated heterocycles. The van der Waals surface area contributed by atoms with E-state index in [-0.39, 0.29) is 11.2 Å². The molecule has 2 rings (SSSR count). The molecule has 0 radical (unpaired) electrons. The molecular formula is C10H8BrN3O. The highest BCUT2D eigenvalue weighted by Gasteiger charge is 2.01. The summed E-state index contributed by atoms with van der Waals surface area (Å²) >= 11 is 3.33. The molecule has 2 aromatic rings. The second-order valence-corrected chi connectivity index (χ2v) is 3.94. The molecule has 0 aliphatic heterocycles. The van der Waals surface area contributed by atoms with Crippen molar-refractivity contribution in [3.8, 4) is 11.4 Å². The van der Waals surface area contributed by atoms with Crippen molar-refractivity contribution in [2.75, 3.05) is 5.73 Å². The van der Waals surface area contributed by atoms with E-state index in [2.05, 4.69) is 25.9 Å². The van der Waals surface area contributed by atoms with Gasteiger partial charge in [0, 0.05) is 10.0 Å². The van der Waals surface area contributed by atoms with E-state index in [1.807, 2.05) is 24.3 Å². The molecule has 76 valence electrons. The maximum absolute atomic E-state index is 11.3. The van der Waals surface area contributed by atoms with Gasteiger partial charge in [0.05, 0.1) is 6.20 Å². The van der Waals surface area contributed by atoms with E-state index in [1.54, 1.807) is 0 Å². The van der Waals surface area contributed by atoms with Crippen LogP contribution >= 0.6 is 15.9 Å². The Morgan fingerprint density at radius 3 is 2.53 bits per heavy atom. The van der Waals surface area contributed by atoms with Crippen LogP contribution in [0.5, 0.6) is 0 Å². The van der Waals surface area contributed by atoms with Gasteiger partial charge in [-0.2, -0.15) is 0 Å². The molecule has 0 amide bonds. The summed E-state index contributed by atoms with van der Waals surface area (Å²) in [6.07, 6.45) is 1.36. The number of anilines is 1. The first-order valence-electron chi connectivity index (χ1n) is 4.27. The summed E-state index contributed by atoms with van der Waals surface area (Å²) in [4.78, 5) is 17.9.